The normalized spacial score (nSPS) is 11.9. The van der Waals surface area contributed by atoms with Crippen LogP contribution in [-0.4, -0.2) is 34.8 Å². The Labute approximate surface area is 161 Å². The molecule has 0 saturated heterocycles. The smallest absolute Gasteiger partial charge is 0.254 e. The largest absolute Gasteiger partial charge is 0.272 e. The van der Waals surface area contributed by atoms with Gasteiger partial charge in [-0.2, -0.15) is 9.61 Å². The Kier molecular flexibility index (Phi) is 4.27. The summed E-state index contributed by atoms with van der Waals surface area (Å²) in [6.45, 7) is 2.23. The van der Waals surface area contributed by atoms with Gasteiger partial charge in [0.1, 0.15) is 11.0 Å². The van der Waals surface area contributed by atoms with Crippen molar-refractivity contribution in [3.8, 4) is 0 Å². The SMILES string of the molecule is CCCCCCCc1nnc2nc3c4cccnc4c4ncccc4c3nn12. The van der Waals surface area contributed by atoms with E-state index < -0.39 is 0 Å². The van der Waals surface area contributed by atoms with Crippen LogP contribution in [0.5, 0.6) is 0 Å². The van der Waals surface area contributed by atoms with E-state index in [-0.39, 0.29) is 0 Å². The van der Waals surface area contributed by atoms with Crippen molar-refractivity contribution in [2.75, 3.05) is 0 Å². The second-order valence-corrected chi connectivity index (χ2v) is 7.10. The minimum atomic E-state index is 0.532. The number of rotatable bonds is 6. The van der Waals surface area contributed by atoms with E-state index in [2.05, 4.69) is 27.1 Å². The number of hydrogen-bond donors (Lipinski definition) is 0. The van der Waals surface area contributed by atoms with Crippen LogP contribution in [0.3, 0.4) is 0 Å². The molecule has 0 radical (unpaired) electrons. The zero-order valence-corrected chi connectivity index (χ0v) is 15.8. The predicted molar refractivity (Wildman–Crippen MR) is 109 cm³/mol. The second-order valence-electron chi connectivity index (χ2n) is 7.10. The number of nitrogens with zero attached hydrogens (tertiary/aromatic N) is 7. The number of aryl methyl sites for hydroxylation is 1. The van der Waals surface area contributed by atoms with Crippen molar-refractivity contribution >= 4 is 38.6 Å². The molecule has 0 fully saturated rings. The lowest BCUT2D eigenvalue weighted by Crippen LogP contribution is -2.03. The van der Waals surface area contributed by atoms with E-state index in [4.69, 9.17) is 10.1 Å². The van der Waals surface area contributed by atoms with E-state index in [1.165, 1.54) is 25.7 Å². The lowest BCUT2D eigenvalue weighted by atomic mass is 10.1. The van der Waals surface area contributed by atoms with Crippen molar-refractivity contribution < 1.29 is 0 Å². The molecule has 28 heavy (non-hydrogen) atoms. The van der Waals surface area contributed by atoms with Crippen LogP contribution in [0, 0.1) is 0 Å². The number of unbranched alkanes of at least 4 members (excludes halogenated alkanes) is 4. The molecule has 4 heterocycles. The summed E-state index contributed by atoms with van der Waals surface area (Å²) in [7, 11) is 0. The molecule has 1 aromatic carbocycles. The molecule has 0 aliphatic heterocycles. The summed E-state index contributed by atoms with van der Waals surface area (Å²) in [6, 6.07) is 7.86. The van der Waals surface area contributed by atoms with Gasteiger partial charge in [-0.05, 0) is 30.7 Å². The molecule has 0 atom stereocenters. The third-order valence-electron chi connectivity index (χ3n) is 5.18. The Morgan fingerprint density at radius 1 is 0.786 bits per heavy atom. The molecule has 140 valence electrons. The van der Waals surface area contributed by atoms with Crippen LogP contribution in [-0.2, 0) is 6.42 Å². The van der Waals surface area contributed by atoms with Crippen molar-refractivity contribution in [1.82, 2.24) is 34.8 Å². The summed E-state index contributed by atoms with van der Waals surface area (Å²) in [5, 5.41) is 15.4. The molecule has 0 unspecified atom stereocenters. The van der Waals surface area contributed by atoms with Gasteiger partial charge < -0.3 is 0 Å². The van der Waals surface area contributed by atoms with Crippen molar-refractivity contribution in [2.24, 2.45) is 0 Å². The lowest BCUT2D eigenvalue weighted by Gasteiger charge is -2.07. The molecule has 0 saturated carbocycles. The maximum atomic E-state index is 4.89. The Bertz CT molecular complexity index is 1290. The minimum absolute atomic E-state index is 0.532. The Balaban J connectivity index is 1.68. The van der Waals surface area contributed by atoms with E-state index >= 15 is 0 Å². The topological polar surface area (TPSA) is 81.8 Å². The van der Waals surface area contributed by atoms with Gasteiger partial charge in [0.2, 0.25) is 0 Å². The van der Waals surface area contributed by atoms with E-state index in [9.17, 15) is 0 Å². The summed E-state index contributed by atoms with van der Waals surface area (Å²) in [6.07, 6.45) is 10.5. The highest BCUT2D eigenvalue weighted by Crippen LogP contribution is 2.30. The number of fused-ring (bicyclic) bond motifs is 7. The third-order valence-corrected chi connectivity index (χ3v) is 5.18. The molecule has 0 spiro atoms. The van der Waals surface area contributed by atoms with Crippen LogP contribution in [0.15, 0.2) is 36.7 Å². The van der Waals surface area contributed by atoms with Crippen molar-refractivity contribution in [1.29, 1.82) is 0 Å². The van der Waals surface area contributed by atoms with Crippen LogP contribution in [0.4, 0.5) is 0 Å². The quantitative estimate of drug-likeness (QED) is 0.327. The number of aromatic nitrogens is 7. The van der Waals surface area contributed by atoms with Gasteiger partial charge in [0.05, 0.1) is 11.0 Å². The fourth-order valence-electron chi connectivity index (χ4n) is 3.76. The van der Waals surface area contributed by atoms with Crippen LogP contribution < -0.4 is 0 Å². The average molecular weight is 371 g/mol. The first-order valence-electron chi connectivity index (χ1n) is 9.90. The molecular weight excluding hydrogens is 350 g/mol. The molecule has 0 aliphatic rings. The third kappa shape index (κ3) is 2.74. The van der Waals surface area contributed by atoms with Crippen LogP contribution in [0.2, 0.25) is 0 Å². The van der Waals surface area contributed by atoms with Gasteiger partial charge in [-0.3, -0.25) is 9.97 Å². The van der Waals surface area contributed by atoms with Gasteiger partial charge >= 0.3 is 0 Å². The van der Waals surface area contributed by atoms with Crippen LogP contribution in [0.25, 0.3) is 38.6 Å². The van der Waals surface area contributed by atoms with Crippen molar-refractivity contribution in [3.63, 3.8) is 0 Å². The molecule has 5 rings (SSSR count). The number of benzene rings is 1. The molecule has 4 aromatic heterocycles. The fourth-order valence-corrected chi connectivity index (χ4v) is 3.76. The van der Waals surface area contributed by atoms with E-state index in [1.54, 1.807) is 16.9 Å². The molecular formula is C21H21N7. The zero-order valence-electron chi connectivity index (χ0n) is 15.8. The molecule has 0 aliphatic carbocycles. The highest BCUT2D eigenvalue weighted by Gasteiger charge is 2.16. The maximum Gasteiger partial charge on any atom is 0.272 e. The van der Waals surface area contributed by atoms with Gasteiger partial charge in [0.15, 0.2) is 5.82 Å². The number of hydrogen-bond acceptors (Lipinski definition) is 6. The highest BCUT2D eigenvalue weighted by molar-refractivity contribution is 6.20. The van der Waals surface area contributed by atoms with Crippen molar-refractivity contribution in [2.45, 2.75) is 45.4 Å². The summed E-state index contributed by atoms with van der Waals surface area (Å²) in [4.78, 5) is 13.9. The van der Waals surface area contributed by atoms with Gasteiger partial charge in [0, 0.05) is 29.6 Å². The average Bonchev–Trinajstić information content (AvgIpc) is 3.14. The minimum Gasteiger partial charge on any atom is -0.254 e. The zero-order chi connectivity index (χ0) is 18.9. The molecule has 0 amide bonds. The summed E-state index contributed by atoms with van der Waals surface area (Å²) >= 11 is 0. The van der Waals surface area contributed by atoms with Gasteiger partial charge in [-0.1, -0.05) is 32.6 Å². The Morgan fingerprint density at radius 3 is 2.25 bits per heavy atom. The van der Waals surface area contributed by atoms with Gasteiger partial charge in [-0.25, -0.2) is 4.98 Å². The Hall–Kier alpha value is -3.22. The summed E-state index contributed by atoms with van der Waals surface area (Å²) < 4.78 is 1.79. The van der Waals surface area contributed by atoms with E-state index in [0.717, 1.165) is 51.5 Å². The lowest BCUT2D eigenvalue weighted by molar-refractivity contribution is 0.616. The first-order valence-corrected chi connectivity index (χ1v) is 9.90. The van der Waals surface area contributed by atoms with Crippen LogP contribution in [0.1, 0.15) is 44.9 Å². The Morgan fingerprint density at radius 2 is 1.50 bits per heavy atom. The van der Waals surface area contributed by atoms with Crippen molar-refractivity contribution in [3.05, 3.63) is 42.5 Å². The molecule has 0 bridgehead atoms. The monoisotopic (exact) mass is 371 g/mol. The van der Waals surface area contributed by atoms with Crippen LogP contribution >= 0.6 is 0 Å². The summed E-state index contributed by atoms with van der Waals surface area (Å²) in [5.41, 5.74) is 3.27. The maximum absolute atomic E-state index is 4.89. The fraction of sp³-hybridized carbons (Fsp3) is 0.333. The summed E-state index contributed by atoms with van der Waals surface area (Å²) in [5.74, 6) is 1.40. The molecule has 7 nitrogen and oxygen atoms in total. The second kappa shape index (κ2) is 7.07. The first-order chi connectivity index (χ1) is 13.9. The molecule has 0 N–H and O–H groups in total. The van der Waals surface area contributed by atoms with E-state index in [0.29, 0.717) is 5.78 Å². The molecule has 5 aromatic rings. The predicted octanol–water partition coefficient (Wildman–Crippen LogP) is 4.28. The highest BCUT2D eigenvalue weighted by atomic mass is 15.4. The number of pyridine rings is 2. The first kappa shape index (κ1) is 16.9. The van der Waals surface area contributed by atoms with Gasteiger partial charge in [-0.15, -0.1) is 10.2 Å². The van der Waals surface area contributed by atoms with E-state index in [1.807, 2.05) is 24.3 Å². The standard InChI is InChI=1S/C21H21N7/c1-2-3-4-5-6-11-16-25-26-21-24-19-14-9-7-12-22-17(14)18-15(10-8-13-23-18)20(19)27-28(16)21/h7-10,12-13H,2-6,11H2,1H3. The van der Waals surface area contributed by atoms with Gasteiger partial charge in [0.25, 0.3) is 5.78 Å². The molecule has 7 heteroatoms.